The van der Waals surface area contributed by atoms with E-state index in [2.05, 4.69) is 26.2 Å². The molecule has 0 bridgehead atoms. The first-order valence-electron chi connectivity index (χ1n) is 3.94. The largest absolute Gasteiger partial charge is 0.481 e. The van der Waals surface area contributed by atoms with E-state index in [0.29, 0.717) is 10.3 Å². The summed E-state index contributed by atoms with van der Waals surface area (Å²) < 4.78 is 0.709. The number of carboxylic acids is 1. The van der Waals surface area contributed by atoms with Crippen LogP contribution in [-0.4, -0.2) is 28.5 Å². The third kappa shape index (κ3) is 3.21. The molecule has 0 atom stereocenters. The van der Waals surface area contributed by atoms with E-state index in [4.69, 9.17) is 5.11 Å². The molecule has 14 heavy (non-hydrogen) atoms. The van der Waals surface area contributed by atoms with Crippen molar-refractivity contribution in [3.63, 3.8) is 0 Å². The molecule has 0 spiro atoms. The minimum atomic E-state index is -0.932. The summed E-state index contributed by atoms with van der Waals surface area (Å²) in [5.74, 6) is -1.24. The summed E-state index contributed by atoms with van der Waals surface area (Å²) in [5, 5.41) is 10.8. The van der Waals surface area contributed by atoms with Crippen LogP contribution in [0.2, 0.25) is 0 Å². The second-order valence-electron chi connectivity index (χ2n) is 2.62. The smallest absolute Gasteiger partial charge is 0.305 e. The van der Waals surface area contributed by atoms with Crippen LogP contribution in [0, 0.1) is 0 Å². The Bertz CT molecular complexity index is 348. The lowest BCUT2D eigenvalue weighted by Crippen LogP contribution is -2.26. The van der Waals surface area contributed by atoms with Crippen LogP contribution < -0.4 is 5.32 Å². The molecular formula is C8H9BrN2O3. The van der Waals surface area contributed by atoms with Gasteiger partial charge >= 0.3 is 5.97 Å². The van der Waals surface area contributed by atoms with Crippen molar-refractivity contribution in [2.45, 2.75) is 6.42 Å². The second-order valence-corrected chi connectivity index (χ2v) is 3.47. The van der Waals surface area contributed by atoms with Gasteiger partial charge in [-0.05, 0) is 28.1 Å². The van der Waals surface area contributed by atoms with E-state index in [9.17, 15) is 9.59 Å². The van der Waals surface area contributed by atoms with Crippen LogP contribution in [0.25, 0.3) is 0 Å². The Labute approximate surface area is 88.6 Å². The Balaban J connectivity index is 2.39. The SMILES string of the molecule is O=C(O)CCNC(=O)c1ccc(Br)[nH]1. The highest BCUT2D eigenvalue weighted by atomic mass is 79.9. The molecule has 5 nitrogen and oxygen atoms in total. The van der Waals surface area contributed by atoms with E-state index in [1.165, 1.54) is 0 Å². The van der Waals surface area contributed by atoms with Crippen LogP contribution in [0.4, 0.5) is 0 Å². The molecule has 1 aromatic heterocycles. The fourth-order valence-corrected chi connectivity index (χ4v) is 1.22. The molecule has 0 aliphatic heterocycles. The van der Waals surface area contributed by atoms with Gasteiger partial charge in [0.15, 0.2) is 0 Å². The first-order valence-corrected chi connectivity index (χ1v) is 4.73. The fraction of sp³-hybridized carbons (Fsp3) is 0.250. The summed E-state index contributed by atoms with van der Waals surface area (Å²) in [5.41, 5.74) is 0.405. The summed E-state index contributed by atoms with van der Waals surface area (Å²) in [6.45, 7) is 0.130. The van der Waals surface area contributed by atoms with Crippen LogP contribution in [0.1, 0.15) is 16.9 Å². The normalized spacial score (nSPS) is 9.79. The van der Waals surface area contributed by atoms with Crippen LogP contribution in [0.5, 0.6) is 0 Å². The molecule has 0 aliphatic rings. The molecule has 1 aromatic rings. The van der Waals surface area contributed by atoms with Gasteiger partial charge in [-0.15, -0.1) is 0 Å². The number of carbonyl (C=O) groups is 2. The van der Waals surface area contributed by atoms with Crippen molar-refractivity contribution in [2.75, 3.05) is 6.54 Å². The van der Waals surface area contributed by atoms with Crippen LogP contribution in [0.15, 0.2) is 16.7 Å². The summed E-state index contributed by atoms with van der Waals surface area (Å²) in [4.78, 5) is 24.2. The number of amides is 1. The number of aliphatic carboxylic acids is 1. The van der Waals surface area contributed by atoms with Crippen LogP contribution in [0.3, 0.4) is 0 Å². The summed E-state index contributed by atoms with van der Waals surface area (Å²) in [6, 6.07) is 3.31. The van der Waals surface area contributed by atoms with E-state index < -0.39 is 5.97 Å². The van der Waals surface area contributed by atoms with Crippen LogP contribution >= 0.6 is 15.9 Å². The lowest BCUT2D eigenvalue weighted by atomic mass is 10.4. The van der Waals surface area contributed by atoms with Crippen molar-refractivity contribution < 1.29 is 14.7 Å². The number of hydrogen-bond acceptors (Lipinski definition) is 2. The molecule has 6 heteroatoms. The summed E-state index contributed by atoms with van der Waals surface area (Å²) >= 11 is 3.16. The Hall–Kier alpha value is -1.30. The van der Waals surface area contributed by atoms with E-state index in [1.807, 2.05) is 0 Å². The molecule has 1 rings (SSSR count). The minimum absolute atomic E-state index is 0.0758. The Kier molecular flexibility index (Phi) is 3.70. The molecule has 3 N–H and O–H groups in total. The first-order chi connectivity index (χ1) is 6.59. The van der Waals surface area contributed by atoms with Gasteiger partial charge in [-0.25, -0.2) is 0 Å². The lowest BCUT2D eigenvalue weighted by molar-refractivity contribution is -0.136. The van der Waals surface area contributed by atoms with E-state index in [-0.39, 0.29) is 18.9 Å². The minimum Gasteiger partial charge on any atom is -0.481 e. The molecule has 0 saturated heterocycles. The average molecular weight is 261 g/mol. The number of rotatable bonds is 4. The number of nitrogens with one attached hydrogen (secondary N) is 2. The van der Waals surface area contributed by atoms with Gasteiger partial charge in [-0.3, -0.25) is 9.59 Å². The maximum absolute atomic E-state index is 11.3. The second kappa shape index (κ2) is 4.80. The maximum atomic E-state index is 11.3. The molecule has 1 amide bonds. The molecule has 0 saturated carbocycles. The quantitative estimate of drug-likeness (QED) is 0.755. The fourth-order valence-electron chi connectivity index (χ4n) is 0.879. The monoisotopic (exact) mass is 260 g/mol. The average Bonchev–Trinajstić information content (AvgIpc) is 2.51. The van der Waals surface area contributed by atoms with E-state index >= 15 is 0 Å². The predicted octanol–water partition coefficient (Wildman–Crippen LogP) is 0.982. The van der Waals surface area contributed by atoms with Crippen molar-refractivity contribution in [1.29, 1.82) is 0 Å². The number of hydrogen-bond donors (Lipinski definition) is 3. The molecule has 1 heterocycles. The standard InChI is InChI=1S/C8H9BrN2O3/c9-6-2-1-5(11-6)8(14)10-4-3-7(12)13/h1-2,11H,3-4H2,(H,10,14)(H,12,13). The van der Waals surface area contributed by atoms with Gasteiger partial charge in [-0.1, -0.05) is 0 Å². The molecule has 0 fully saturated rings. The van der Waals surface area contributed by atoms with Crippen molar-refractivity contribution >= 4 is 27.8 Å². The molecule has 0 radical (unpaired) electrons. The Morgan fingerprint density at radius 3 is 2.71 bits per heavy atom. The van der Waals surface area contributed by atoms with Gasteiger partial charge in [0.2, 0.25) is 0 Å². The zero-order valence-electron chi connectivity index (χ0n) is 7.21. The highest BCUT2D eigenvalue weighted by Crippen LogP contribution is 2.07. The molecule has 0 aromatic carbocycles. The highest BCUT2D eigenvalue weighted by molar-refractivity contribution is 9.10. The van der Waals surface area contributed by atoms with Gasteiger partial charge in [0, 0.05) is 6.54 Å². The number of halogens is 1. The maximum Gasteiger partial charge on any atom is 0.305 e. The van der Waals surface area contributed by atoms with E-state index in [1.54, 1.807) is 12.1 Å². The Morgan fingerprint density at radius 2 is 2.21 bits per heavy atom. The highest BCUT2D eigenvalue weighted by Gasteiger charge is 2.07. The number of carbonyl (C=O) groups excluding carboxylic acids is 1. The van der Waals surface area contributed by atoms with Crippen molar-refractivity contribution in [3.8, 4) is 0 Å². The van der Waals surface area contributed by atoms with Crippen molar-refractivity contribution in [3.05, 3.63) is 22.4 Å². The number of carboxylic acid groups (broad SMARTS) is 1. The van der Waals surface area contributed by atoms with Gasteiger partial charge < -0.3 is 15.4 Å². The summed E-state index contributed by atoms with van der Waals surface area (Å²) in [6.07, 6.45) is -0.0758. The molecule has 0 unspecified atom stereocenters. The number of aromatic nitrogens is 1. The third-order valence-electron chi connectivity index (χ3n) is 1.52. The Morgan fingerprint density at radius 1 is 1.50 bits per heavy atom. The predicted molar refractivity (Wildman–Crippen MR) is 53.1 cm³/mol. The first kappa shape index (κ1) is 10.8. The lowest BCUT2D eigenvalue weighted by Gasteiger charge is -2.00. The summed E-state index contributed by atoms with van der Waals surface area (Å²) in [7, 11) is 0. The van der Waals surface area contributed by atoms with Crippen molar-refractivity contribution in [1.82, 2.24) is 10.3 Å². The zero-order valence-corrected chi connectivity index (χ0v) is 8.80. The third-order valence-corrected chi connectivity index (χ3v) is 1.98. The zero-order chi connectivity index (χ0) is 10.6. The number of aromatic amines is 1. The number of H-pyrrole nitrogens is 1. The molecular weight excluding hydrogens is 252 g/mol. The molecule has 76 valence electrons. The van der Waals surface area contributed by atoms with Gasteiger partial charge in [0.1, 0.15) is 5.69 Å². The van der Waals surface area contributed by atoms with E-state index in [0.717, 1.165) is 0 Å². The van der Waals surface area contributed by atoms with Crippen LogP contribution in [-0.2, 0) is 4.79 Å². The van der Waals surface area contributed by atoms with Gasteiger partial charge in [0.05, 0.1) is 11.0 Å². The topological polar surface area (TPSA) is 82.2 Å². The van der Waals surface area contributed by atoms with Gasteiger partial charge in [-0.2, -0.15) is 0 Å². The van der Waals surface area contributed by atoms with Crippen molar-refractivity contribution in [2.24, 2.45) is 0 Å². The molecule has 0 aliphatic carbocycles. The van der Waals surface area contributed by atoms with Gasteiger partial charge in [0.25, 0.3) is 5.91 Å².